The van der Waals surface area contributed by atoms with Crippen molar-refractivity contribution in [2.45, 2.75) is 38.0 Å². The van der Waals surface area contributed by atoms with Crippen LogP contribution in [-0.2, 0) is 4.79 Å². The Balaban J connectivity index is 2.16. The number of hydrogen-bond donors (Lipinski definition) is 2. The summed E-state index contributed by atoms with van der Waals surface area (Å²) in [5.41, 5.74) is 6.78. The van der Waals surface area contributed by atoms with E-state index in [1.807, 2.05) is 6.07 Å². The summed E-state index contributed by atoms with van der Waals surface area (Å²) in [6, 6.07) is 5.40. The number of carbonyl (C=O) groups excluding carboxylic acids is 1. The molecule has 0 unspecified atom stereocenters. The molecule has 1 atom stereocenters. The largest absolute Gasteiger partial charge is 0.404 e. The van der Waals surface area contributed by atoms with Crippen molar-refractivity contribution >= 4 is 45.0 Å². The van der Waals surface area contributed by atoms with E-state index in [4.69, 9.17) is 28.9 Å². The third kappa shape index (κ3) is 6.19. The standard InChI is InChI=1S/C20H23BrCl2N2O/c1-13(6-8-16(21)12-24)25-20(26)17(10-14-4-2-3-5-14)15-7-9-18(22)19(23)11-15/h6-9,11-12,14,17H,1-5,10,24H2,(H,25,26)/b8-6-,16-12+/t17-/m1/s1. The molecule has 3 N–H and O–H groups in total. The molecule has 140 valence electrons. The maximum Gasteiger partial charge on any atom is 0.231 e. The first kappa shape index (κ1) is 21.1. The van der Waals surface area contributed by atoms with Crippen LogP contribution in [0.15, 0.2) is 53.3 Å². The van der Waals surface area contributed by atoms with Crippen molar-refractivity contribution in [1.82, 2.24) is 5.32 Å². The Labute approximate surface area is 173 Å². The molecule has 0 heterocycles. The third-order valence-electron chi connectivity index (χ3n) is 4.59. The van der Waals surface area contributed by atoms with Crippen LogP contribution in [0.4, 0.5) is 0 Å². The van der Waals surface area contributed by atoms with Crippen molar-refractivity contribution in [3.63, 3.8) is 0 Å². The molecule has 1 aromatic rings. The van der Waals surface area contributed by atoms with Gasteiger partial charge in [0.15, 0.2) is 0 Å². The van der Waals surface area contributed by atoms with Crippen LogP contribution >= 0.6 is 39.1 Å². The van der Waals surface area contributed by atoms with Crippen molar-refractivity contribution in [3.05, 3.63) is 68.9 Å². The number of benzene rings is 1. The first-order valence-corrected chi connectivity index (χ1v) is 10.2. The summed E-state index contributed by atoms with van der Waals surface area (Å²) in [5.74, 6) is 0.183. The van der Waals surface area contributed by atoms with Gasteiger partial charge in [0.2, 0.25) is 5.91 Å². The number of allylic oxidation sites excluding steroid dienone is 3. The second kappa shape index (κ2) is 10.2. The molecule has 1 aromatic carbocycles. The lowest BCUT2D eigenvalue weighted by atomic mass is 9.87. The minimum Gasteiger partial charge on any atom is -0.404 e. The average molecular weight is 458 g/mol. The first-order valence-electron chi connectivity index (χ1n) is 8.61. The van der Waals surface area contributed by atoms with Gasteiger partial charge in [0.25, 0.3) is 0 Å². The molecular formula is C20H23BrCl2N2O. The Morgan fingerprint density at radius 3 is 2.62 bits per heavy atom. The smallest absolute Gasteiger partial charge is 0.231 e. The van der Waals surface area contributed by atoms with Gasteiger partial charge in [0.05, 0.1) is 16.0 Å². The highest BCUT2D eigenvalue weighted by atomic mass is 79.9. The van der Waals surface area contributed by atoms with Crippen molar-refractivity contribution in [1.29, 1.82) is 0 Å². The quantitative estimate of drug-likeness (QED) is 0.490. The average Bonchev–Trinajstić information content (AvgIpc) is 3.13. The molecule has 3 nitrogen and oxygen atoms in total. The molecule has 1 aliphatic carbocycles. The van der Waals surface area contributed by atoms with Crippen LogP contribution in [0.25, 0.3) is 0 Å². The molecule has 1 amide bonds. The van der Waals surface area contributed by atoms with E-state index >= 15 is 0 Å². The fourth-order valence-corrected chi connectivity index (χ4v) is 3.66. The van der Waals surface area contributed by atoms with Gasteiger partial charge in [-0.15, -0.1) is 0 Å². The molecule has 0 aliphatic heterocycles. The lowest BCUT2D eigenvalue weighted by Gasteiger charge is -2.21. The molecule has 0 radical (unpaired) electrons. The zero-order valence-corrected chi connectivity index (χ0v) is 17.6. The van der Waals surface area contributed by atoms with Gasteiger partial charge >= 0.3 is 0 Å². The number of nitrogens with two attached hydrogens (primary N) is 1. The SMILES string of the molecule is C=C(/C=C\C(Br)=C/N)NC(=O)[C@H](CC1CCCC1)c1ccc(Cl)c(Cl)c1. The summed E-state index contributed by atoms with van der Waals surface area (Å²) >= 11 is 15.5. The molecular weight excluding hydrogens is 435 g/mol. The van der Waals surface area contributed by atoms with Crippen molar-refractivity contribution in [2.24, 2.45) is 11.7 Å². The fourth-order valence-electron chi connectivity index (χ4n) is 3.23. The highest BCUT2D eigenvalue weighted by Gasteiger charge is 2.27. The molecule has 0 bridgehead atoms. The van der Waals surface area contributed by atoms with E-state index in [9.17, 15) is 4.79 Å². The summed E-state index contributed by atoms with van der Waals surface area (Å²) in [7, 11) is 0. The van der Waals surface area contributed by atoms with E-state index in [1.54, 1.807) is 24.3 Å². The van der Waals surface area contributed by atoms with Crippen LogP contribution in [0.3, 0.4) is 0 Å². The zero-order chi connectivity index (χ0) is 19.1. The molecule has 0 spiro atoms. The van der Waals surface area contributed by atoms with Crippen LogP contribution in [0.2, 0.25) is 10.0 Å². The van der Waals surface area contributed by atoms with E-state index in [-0.39, 0.29) is 11.8 Å². The summed E-state index contributed by atoms with van der Waals surface area (Å²) in [4.78, 5) is 12.9. The van der Waals surface area contributed by atoms with E-state index in [0.29, 0.717) is 26.1 Å². The summed E-state index contributed by atoms with van der Waals surface area (Å²) in [6.07, 6.45) is 10.4. The Hall–Kier alpha value is -1.23. The van der Waals surface area contributed by atoms with Gasteiger partial charge in [-0.1, -0.05) is 61.5 Å². The van der Waals surface area contributed by atoms with E-state index in [2.05, 4.69) is 27.8 Å². The minimum absolute atomic E-state index is 0.0854. The van der Waals surface area contributed by atoms with E-state index < -0.39 is 0 Å². The van der Waals surface area contributed by atoms with Crippen LogP contribution in [-0.4, -0.2) is 5.91 Å². The molecule has 1 aliphatic rings. The van der Waals surface area contributed by atoms with Crippen LogP contribution in [0.5, 0.6) is 0 Å². The van der Waals surface area contributed by atoms with Gasteiger partial charge in [0.1, 0.15) is 0 Å². The molecule has 6 heteroatoms. The van der Waals surface area contributed by atoms with Gasteiger partial charge in [-0.25, -0.2) is 0 Å². The maximum absolute atomic E-state index is 12.9. The monoisotopic (exact) mass is 456 g/mol. The highest BCUT2D eigenvalue weighted by molar-refractivity contribution is 9.11. The second-order valence-electron chi connectivity index (χ2n) is 6.51. The number of halogens is 3. The van der Waals surface area contributed by atoms with E-state index in [0.717, 1.165) is 12.0 Å². The van der Waals surface area contributed by atoms with Crippen LogP contribution < -0.4 is 11.1 Å². The van der Waals surface area contributed by atoms with Gasteiger partial charge in [-0.05, 0) is 58.1 Å². The van der Waals surface area contributed by atoms with Crippen molar-refractivity contribution in [2.75, 3.05) is 0 Å². The van der Waals surface area contributed by atoms with E-state index in [1.165, 1.54) is 31.9 Å². The number of nitrogens with one attached hydrogen (secondary N) is 1. The predicted octanol–water partition coefficient (Wildman–Crippen LogP) is 6.04. The second-order valence-corrected chi connectivity index (χ2v) is 8.24. The lowest BCUT2D eigenvalue weighted by Crippen LogP contribution is -2.29. The van der Waals surface area contributed by atoms with Crippen molar-refractivity contribution < 1.29 is 4.79 Å². The van der Waals surface area contributed by atoms with Gasteiger partial charge in [-0.2, -0.15) is 0 Å². The first-order chi connectivity index (χ1) is 12.4. The number of carbonyl (C=O) groups is 1. The topological polar surface area (TPSA) is 55.1 Å². The third-order valence-corrected chi connectivity index (χ3v) is 5.86. The van der Waals surface area contributed by atoms with Gasteiger partial charge < -0.3 is 11.1 Å². The molecule has 1 saturated carbocycles. The molecule has 26 heavy (non-hydrogen) atoms. The van der Waals surface area contributed by atoms with Crippen LogP contribution in [0, 0.1) is 5.92 Å². The van der Waals surface area contributed by atoms with Crippen molar-refractivity contribution in [3.8, 4) is 0 Å². The zero-order valence-electron chi connectivity index (χ0n) is 14.5. The number of hydrogen-bond acceptors (Lipinski definition) is 2. The Kier molecular flexibility index (Phi) is 8.26. The molecule has 0 aromatic heterocycles. The summed E-state index contributed by atoms with van der Waals surface area (Å²) in [6.45, 7) is 3.89. The molecule has 1 fully saturated rings. The minimum atomic E-state index is -0.286. The Bertz CT molecular complexity index is 725. The van der Waals surface area contributed by atoms with Crippen LogP contribution in [0.1, 0.15) is 43.6 Å². The Morgan fingerprint density at radius 2 is 2.00 bits per heavy atom. The maximum atomic E-state index is 12.9. The fraction of sp³-hybridized carbons (Fsp3) is 0.350. The van der Waals surface area contributed by atoms with Gasteiger partial charge in [-0.3, -0.25) is 4.79 Å². The van der Waals surface area contributed by atoms with Gasteiger partial charge in [0, 0.05) is 16.4 Å². The Morgan fingerprint density at radius 1 is 1.31 bits per heavy atom. The summed E-state index contributed by atoms with van der Waals surface area (Å²) < 4.78 is 0.708. The number of amides is 1. The predicted molar refractivity (Wildman–Crippen MR) is 113 cm³/mol. The number of rotatable bonds is 7. The molecule has 0 saturated heterocycles. The summed E-state index contributed by atoms with van der Waals surface area (Å²) in [5, 5.41) is 3.83. The molecule has 2 rings (SSSR count). The lowest BCUT2D eigenvalue weighted by molar-refractivity contribution is -0.122. The normalized spacial score (nSPS) is 16.8. The highest BCUT2D eigenvalue weighted by Crippen LogP contribution is 2.36.